The second kappa shape index (κ2) is 4.74. The van der Waals surface area contributed by atoms with Gasteiger partial charge in [-0.1, -0.05) is 84.0 Å². The molecular formula is C19H22Si. The van der Waals surface area contributed by atoms with Gasteiger partial charge in [-0.3, -0.25) is 0 Å². The van der Waals surface area contributed by atoms with Crippen LogP contribution in [0.3, 0.4) is 0 Å². The highest BCUT2D eigenvalue weighted by Gasteiger charge is 2.36. The fraction of sp³-hybridized carbons (Fsp3) is 0.263. The molecule has 0 bridgehead atoms. The van der Waals surface area contributed by atoms with Crippen molar-refractivity contribution in [1.29, 1.82) is 0 Å². The molecule has 1 unspecified atom stereocenters. The van der Waals surface area contributed by atoms with Gasteiger partial charge in [-0.25, -0.2) is 0 Å². The molecule has 0 N–H and O–H groups in total. The van der Waals surface area contributed by atoms with Gasteiger partial charge >= 0.3 is 0 Å². The van der Waals surface area contributed by atoms with E-state index in [1.54, 1.807) is 5.19 Å². The van der Waals surface area contributed by atoms with Crippen molar-refractivity contribution in [3.05, 3.63) is 70.8 Å². The second-order valence-corrected chi connectivity index (χ2v) is 11.2. The molecule has 1 heteroatoms. The molecule has 0 radical (unpaired) electrons. The average Bonchev–Trinajstić information content (AvgIpc) is 2.82. The normalized spacial score (nSPS) is 17.3. The molecule has 1 aliphatic rings. The summed E-state index contributed by atoms with van der Waals surface area (Å²) < 4.78 is 0. The number of allylic oxidation sites excluding steroid dienone is 1. The molecule has 0 fully saturated rings. The van der Waals surface area contributed by atoms with E-state index >= 15 is 0 Å². The first-order valence-corrected chi connectivity index (χ1v) is 10.4. The number of hydrogen-bond donors (Lipinski definition) is 0. The number of rotatable bonds is 2. The first-order chi connectivity index (χ1) is 9.48. The van der Waals surface area contributed by atoms with E-state index in [-0.39, 0.29) is 0 Å². The summed E-state index contributed by atoms with van der Waals surface area (Å²) >= 11 is 0. The minimum Gasteiger partial charge on any atom is -0.0787 e. The maximum absolute atomic E-state index is 2.50. The molecule has 20 heavy (non-hydrogen) atoms. The molecule has 1 aliphatic carbocycles. The molecule has 0 saturated heterocycles. The van der Waals surface area contributed by atoms with Crippen molar-refractivity contribution in [2.75, 3.05) is 0 Å². The number of fused-ring (bicyclic) bond motifs is 1. The Labute approximate surface area is 123 Å². The summed E-state index contributed by atoms with van der Waals surface area (Å²) in [6.45, 7) is 9.41. The van der Waals surface area contributed by atoms with Crippen LogP contribution in [0.2, 0.25) is 13.1 Å². The van der Waals surface area contributed by atoms with E-state index in [0.29, 0.717) is 5.54 Å². The third-order valence-electron chi connectivity index (χ3n) is 4.54. The fourth-order valence-electron chi connectivity index (χ4n) is 3.41. The average molecular weight is 278 g/mol. The zero-order chi connectivity index (χ0) is 14.3. The van der Waals surface area contributed by atoms with Crippen LogP contribution in [-0.4, -0.2) is 8.07 Å². The summed E-state index contributed by atoms with van der Waals surface area (Å²) in [7, 11) is -1.55. The minimum atomic E-state index is -1.55. The molecule has 0 spiro atoms. The Morgan fingerprint density at radius 3 is 2.25 bits per heavy atom. The molecule has 2 aromatic carbocycles. The van der Waals surface area contributed by atoms with Crippen LogP contribution in [0.15, 0.2) is 48.5 Å². The highest BCUT2D eigenvalue weighted by molar-refractivity contribution is 6.91. The van der Waals surface area contributed by atoms with Crippen LogP contribution >= 0.6 is 0 Å². The summed E-state index contributed by atoms with van der Waals surface area (Å²) in [5.41, 5.74) is 6.29. The van der Waals surface area contributed by atoms with Crippen LogP contribution in [-0.2, 0) is 0 Å². The Morgan fingerprint density at radius 2 is 1.55 bits per heavy atom. The lowest BCUT2D eigenvalue weighted by Crippen LogP contribution is -2.47. The van der Waals surface area contributed by atoms with Gasteiger partial charge in [-0.15, -0.1) is 0 Å². The molecule has 0 aromatic heterocycles. The van der Waals surface area contributed by atoms with Crippen LogP contribution in [0.4, 0.5) is 0 Å². The summed E-state index contributed by atoms with van der Waals surface area (Å²) in [5.74, 6) is 0. The van der Waals surface area contributed by atoms with Gasteiger partial charge in [-0.2, -0.15) is 0 Å². The zero-order valence-electron chi connectivity index (χ0n) is 12.8. The van der Waals surface area contributed by atoms with E-state index in [1.807, 2.05) is 0 Å². The van der Waals surface area contributed by atoms with Gasteiger partial charge in [0, 0.05) is 5.54 Å². The number of aryl methyl sites for hydroxylation is 2. The summed E-state index contributed by atoms with van der Waals surface area (Å²) in [5, 5.41) is 1.57. The first kappa shape index (κ1) is 13.4. The van der Waals surface area contributed by atoms with E-state index in [0.717, 1.165) is 0 Å². The van der Waals surface area contributed by atoms with E-state index < -0.39 is 8.07 Å². The highest BCUT2D eigenvalue weighted by atomic mass is 28.3. The lowest BCUT2D eigenvalue weighted by molar-refractivity contribution is 1.17. The Kier molecular flexibility index (Phi) is 3.18. The first-order valence-electron chi connectivity index (χ1n) is 7.34. The number of hydrogen-bond acceptors (Lipinski definition) is 0. The maximum Gasteiger partial charge on any atom is 0.0919 e. The van der Waals surface area contributed by atoms with Crippen molar-refractivity contribution in [3.63, 3.8) is 0 Å². The maximum atomic E-state index is 2.50. The van der Waals surface area contributed by atoms with E-state index in [2.05, 4.69) is 81.6 Å². The summed E-state index contributed by atoms with van der Waals surface area (Å²) in [6.07, 6.45) is 4.73. The van der Waals surface area contributed by atoms with Gasteiger partial charge in [0.2, 0.25) is 0 Å². The van der Waals surface area contributed by atoms with Gasteiger partial charge in [0.1, 0.15) is 0 Å². The molecule has 0 aliphatic heterocycles. The van der Waals surface area contributed by atoms with Crippen LogP contribution < -0.4 is 5.19 Å². The van der Waals surface area contributed by atoms with Gasteiger partial charge < -0.3 is 0 Å². The predicted molar refractivity (Wildman–Crippen MR) is 91.2 cm³/mol. The Hall–Kier alpha value is -1.60. The van der Waals surface area contributed by atoms with Gasteiger partial charge in [0.25, 0.3) is 0 Å². The third-order valence-corrected chi connectivity index (χ3v) is 8.38. The largest absolute Gasteiger partial charge is 0.0919 e. The standard InChI is InChI=1S/C19H22Si/c1-14-11-15(2)13-17(12-14)20(3,4)19-10-9-16-7-5-6-8-18(16)19/h5-13,19H,1-4H3. The van der Waals surface area contributed by atoms with Crippen molar-refractivity contribution in [3.8, 4) is 0 Å². The second-order valence-electron chi connectivity index (χ2n) is 6.56. The SMILES string of the molecule is Cc1cc(C)cc([Si](C)(C)C2C=Cc3ccccc32)c1. The zero-order valence-corrected chi connectivity index (χ0v) is 13.8. The molecule has 3 rings (SSSR count). The van der Waals surface area contributed by atoms with Crippen LogP contribution in [0.25, 0.3) is 6.08 Å². The molecule has 0 heterocycles. The van der Waals surface area contributed by atoms with Crippen LogP contribution in [0.5, 0.6) is 0 Å². The van der Waals surface area contributed by atoms with Crippen LogP contribution in [0, 0.1) is 13.8 Å². The van der Waals surface area contributed by atoms with Gasteiger partial charge in [-0.05, 0) is 25.0 Å². The molecule has 102 valence electrons. The van der Waals surface area contributed by atoms with Crippen molar-refractivity contribution in [2.24, 2.45) is 0 Å². The molecule has 0 amide bonds. The van der Waals surface area contributed by atoms with Crippen molar-refractivity contribution in [2.45, 2.75) is 32.5 Å². The summed E-state index contributed by atoms with van der Waals surface area (Å²) in [4.78, 5) is 0. The van der Waals surface area contributed by atoms with E-state index in [9.17, 15) is 0 Å². The minimum absolute atomic E-state index is 0.597. The van der Waals surface area contributed by atoms with Gasteiger partial charge in [0.05, 0.1) is 8.07 Å². The molecule has 2 aromatic rings. The predicted octanol–water partition coefficient (Wildman–Crippen LogP) is 4.57. The Balaban J connectivity index is 2.07. The molecule has 0 nitrogen and oxygen atoms in total. The fourth-order valence-corrected chi connectivity index (χ4v) is 6.58. The molecule has 1 atom stereocenters. The third kappa shape index (κ3) is 2.16. The summed E-state index contributed by atoms with van der Waals surface area (Å²) in [6, 6.07) is 15.9. The lowest BCUT2D eigenvalue weighted by Gasteiger charge is -2.30. The lowest BCUT2D eigenvalue weighted by atomic mass is 10.1. The van der Waals surface area contributed by atoms with Crippen LogP contribution in [0.1, 0.15) is 27.8 Å². The smallest absolute Gasteiger partial charge is 0.0787 e. The monoisotopic (exact) mass is 278 g/mol. The molecule has 0 saturated carbocycles. The Bertz CT molecular complexity index is 660. The highest BCUT2D eigenvalue weighted by Crippen LogP contribution is 2.36. The molecular weight excluding hydrogens is 256 g/mol. The van der Waals surface area contributed by atoms with Gasteiger partial charge in [0.15, 0.2) is 0 Å². The topological polar surface area (TPSA) is 0 Å². The number of benzene rings is 2. The van der Waals surface area contributed by atoms with Crippen molar-refractivity contribution in [1.82, 2.24) is 0 Å². The Morgan fingerprint density at radius 1 is 0.900 bits per heavy atom. The van der Waals surface area contributed by atoms with E-state index in [1.165, 1.54) is 22.3 Å². The quantitative estimate of drug-likeness (QED) is 0.706. The van der Waals surface area contributed by atoms with Crippen molar-refractivity contribution >= 4 is 19.3 Å². The van der Waals surface area contributed by atoms with E-state index in [4.69, 9.17) is 0 Å². The van der Waals surface area contributed by atoms with Crippen molar-refractivity contribution < 1.29 is 0 Å².